The number of pyridine rings is 1. The summed E-state index contributed by atoms with van der Waals surface area (Å²) >= 11 is 6.40. The quantitative estimate of drug-likeness (QED) is 0.232. The number of rotatable bonds is 8. The summed E-state index contributed by atoms with van der Waals surface area (Å²) in [6, 6.07) is 8.09. The topological polar surface area (TPSA) is 115 Å². The molecule has 0 aliphatic rings. The molecule has 0 saturated heterocycles. The van der Waals surface area contributed by atoms with Gasteiger partial charge in [0, 0.05) is 29.8 Å². The third-order valence-corrected chi connectivity index (χ3v) is 7.23. The Morgan fingerprint density at radius 2 is 1.88 bits per heavy atom. The molecule has 0 aliphatic heterocycles. The van der Waals surface area contributed by atoms with Crippen LogP contribution < -0.4 is 14.4 Å². The van der Waals surface area contributed by atoms with Crippen LogP contribution in [-0.4, -0.2) is 31.6 Å². The van der Waals surface area contributed by atoms with Crippen LogP contribution in [0.15, 0.2) is 70.4 Å². The van der Waals surface area contributed by atoms with Gasteiger partial charge >= 0.3 is 6.18 Å². The number of methoxy groups -OCH3 is 1. The molecule has 0 bridgehead atoms. The number of carbonyl (C=O) groups is 1. The summed E-state index contributed by atoms with van der Waals surface area (Å²) in [6.07, 6.45) is -2.56. The summed E-state index contributed by atoms with van der Waals surface area (Å²) in [7, 11) is -2.85. The van der Waals surface area contributed by atoms with Crippen LogP contribution in [0, 0.1) is 5.82 Å². The number of hydrogen-bond donors (Lipinski definition) is 1. The minimum absolute atomic E-state index is 0.0143. The van der Waals surface area contributed by atoms with Gasteiger partial charge < -0.3 is 9.26 Å². The zero-order valence-corrected chi connectivity index (χ0v) is 22.2. The largest absolute Gasteiger partial charge is 0.495 e. The highest BCUT2D eigenvalue weighted by Gasteiger charge is 2.32. The molecule has 1 amide bonds. The van der Waals surface area contributed by atoms with Gasteiger partial charge in [0.2, 0.25) is 5.91 Å². The van der Waals surface area contributed by atoms with Gasteiger partial charge in [0.05, 0.1) is 23.4 Å². The van der Waals surface area contributed by atoms with Crippen LogP contribution in [0.4, 0.5) is 34.9 Å². The molecule has 0 spiro atoms. The van der Waals surface area contributed by atoms with E-state index in [1.54, 1.807) is 6.92 Å². The van der Waals surface area contributed by atoms with E-state index in [0.717, 1.165) is 11.1 Å². The summed E-state index contributed by atoms with van der Waals surface area (Å²) in [4.78, 5) is 18.0. The molecule has 2 aromatic carbocycles. The first-order valence-electron chi connectivity index (χ1n) is 11.3. The molecular formula is C25H19ClF4N4O5S. The van der Waals surface area contributed by atoms with Crippen LogP contribution in [0.1, 0.15) is 18.9 Å². The van der Waals surface area contributed by atoms with Crippen molar-refractivity contribution in [3.8, 4) is 16.9 Å². The van der Waals surface area contributed by atoms with Crippen molar-refractivity contribution in [2.75, 3.05) is 16.7 Å². The number of halogens is 5. The number of nitrogens with zero attached hydrogens (tertiary/aromatic N) is 3. The van der Waals surface area contributed by atoms with Crippen molar-refractivity contribution in [2.45, 2.75) is 24.4 Å². The summed E-state index contributed by atoms with van der Waals surface area (Å²) in [5, 5.41) is 3.30. The number of sulfonamides is 1. The number of alkyl halides is 3. The van der Waals surface area contributed by atoms with Gasteiger partial charge in [-0.15, -0.1) is 0 Å². The maximum atomic E-state index is 14.6. The Morgan fingerprint density at radius 3 is 2.45 bits per heavy atom. The fourth-order valence-corrected chi connectivity index (χ4v) is 4.86. The number of aromatic nitrogens is 2. The number of ether oxygens (including phenoxy) is 1. The van der Waals surface area contributed by atoms with Crippen molar-refractivity contribution in [3.63, 3.8) is 0 Å². The summed E-state index contributed by atoms with van der Waals surface area (Å²) in [5.74, 6) is -1.56. The van der Waals surface area contributed by atoms with Crippen LogP contribution >= 0.6 is 11.6 Å². The highest BCUT2D eigenvalue weighted by molar-refractivity contribution is 7.92. The maximum Gasteiger partial charge on any atom is 0.416 e. The van der Waals surface area contributed by atoms with E-state index in [1.165, 1.54) is 43.7 Å². The lowest BCUT2D eigenvalue weighted by Crippen LogP contribution is -2.26. The van der Waals surface area contributed by atoms with Crippen molar-refractivity contribution >= 4 is 44.9 Å². The van der Waals surface area contributed by atoms with Gasteiger partial charge in [-0.3, -0.25) is 14.4 Å². The molecule has 210 valence electrons. The van der Waals surface area contributed by atoms with Gasteiger partial charge in [-0.05, 0) is 42.5 Å². The van der Waals surface area contributed by atoms with E-state index in [2.05, 4.69) is 19.4 Å². The summed E-state index contributed by atoms with van der Waals surface area (Å²) in [5.41, 5.74) is -1.57. The van der Waals surface area contributed by atoms with Crippen molar-refractivity contribution < 1.29 is 40.0 Å². The highest BCUT2D eigenvalue weighted by Crippen LogP contribution is 2.43. The first-order chi connectivity index (χ1) is 18.9. The molecular weight excluding hydrogens is 580 g/mol. The van der Waals surface area contributed by atoms with E-state index in [0.29, 0.717) is 18.2 Å². The molecule has 0 unspecified atom stereocenters. The first kappa shape index (κ1) is 28.8. The lowest BCUT2D eigenvalue weighted by atomic mass is 10.0. The minimum atomic E-state index is -4.72. The van der Waals surface area contributed by atoms with Crippen LogP contribution in [0.3, 0.4) is 0 Å². The zero-order chi connectivity index (χ0) is 29.2. The highest BCUT2D eigenvalue weighted by atomic mass is 35.5. The number of carbonyl (C=O) groups excluding carboxylic acids is 1. The average Bonchev–Trinajstić information content (AvgIpc) is 3.41. The molecule has 0 saturated carbocycles. The van der Waals surface area contributed by atoms with Gasteiger partial charge in [0.25, 0.3) is 10.0 Å². The van der Waals surface area contributed by atoms with Crippen LogP contribution in [-0.2, 0) is 21.0 Å². The monoisotopic (exact) mass is 598 g/mol. The van der Waals surface area contributed by atoms with E-state index in [4.69, 9.17) is 16.3 Å². The number of amides is 1. The molecule has 0 aliphatic carbocycles. The van der Waals surface area contributed by atoms with Crippen molar-refractivity contribution in [3.05, 3.63) is 77.4 Å². The van der Waals surface area contributed by atoms with Gasteiger partial charge in [0.1, 0.15) is 28.5 Å². The Morgan fingerprint density at radius 1 is 1.12 bits per heavy atom. The standard InChI is InChI=1S/C25H19ClF4N4O5S/c1-3-24(35)34(23-7-5-15(13-31-23)40(36,37)33-22-8-9-39-32-22)20-12-18(26)16(11-21(20)38-2)17-10-14(25(28,29)30)4-6-19(17)27/h4-13H,3H2,1-2H3,(H,32,33). The second-order valence-electron chi connectivity index (χ2n) is 8.12. The SMILES string of the molecule is CCC(=O)N(c1ccc(S(=O)(=O)Nc2ccon2)cn1)c1cc(Cl)c(-c2cc(C(F)(F)F)ccc2F)cc1OC. The molecule has 0 fully saturated rings. The summed E-state index contributed by atoms with van der Waals surface area (Å²) in [6.45, 7) is 1.57. The fourth-order valence-electron chi connectivity index (χ4n) is 3.66. The minimum Gasteiger partial charge on any atom is -0.495 e. The van der Waals surface area contributed by atoms with E-state index in [1.807, 2.05) is 0 Å². The Bertz CT molecular complexity index is 1650. The number of benzene rings is 2. The Balaban J connectivity index is 1.77. The smallest absolute Gasteiger partial charge is 0.416 e. The van der Waals surface area contributed by atoms with E-state index < -0.39 is 39.1 Å². The molecule has 4 rings (SSSR count). The Hall–Kier alpha value is -4.17. The van der Waals surface area contributed by atoms with Crippen molar-refractivity contribution in [1.29, 1.82) is 0 Å². The second-order valence-corrected chi connectivity index (χ2v) is 10.2. The molecule has 9 nitrogen and oxygen atoms in total. The molecule has 0 atom stereocenters. The predicted molar refractivity (Wildman–Crippen MR) is 137 cm³/mol. The van der Waals surface area contributed by atoms with Crippen molar-refractivity contribution in [2.24, 2.45) is 0 Å². The average molecular weight is 599 g/mol. The van der Waals surface area contributed by atoms with Gasteiger partial charge in [-0.1, -0.05) is 23.7 Å². The molecule has 0 radical (unpaired) electrons. The molecule has 1 N–H and O–H groups in total. The maximum absolute atomic E-state index is 14.6. The van der Waals surface area contributed by atoms with Gasteiger partial charge in [-0.2, -0.15) is 13.2 Å². The molecule has 15 heteroatoms. The number of hydrogen-bond acceptors (Lipinski definition) is 7. The summed E-state index contributed by atoms with van der Waals surface area (Å²) < 4.78 is 91.8. The zero-order valence-electron chi connectivity index (χ0n) is 20.7. The van der Waals surface area contributed by atoms with Crippen LogP contribution in [0.5, 0.6) is 5.75 Å². The van der Waals surface area contributed by atoms with Crippen LogP contribution in [0.25, 0.3) is 11.1 Å². The fraction of sp³-hybridized carbons (Fsp3) is 0.160. The Labute approximate surface area is 230 Å². The predicted octanol–water partition coefficient (Wildman–Crippen LogP) is 6.43. The van der Waals surface area contributed by atoms with Gasteiger partial charge in [0.15, 0.2) is 5.82 Å². The molecule has 4 aromatic rings. The number of nitrogens with one attached hydrogen (secondary N) is 1. The Kier molecular flexibility index (Phi) is 8.03. The second kappa shape index (κ2) is 11.1. The molecule has 2 aromatic heterocycles. The van der Waals surface area contributed by atoms with E-state index in [-0.39, 0.29) is 45.0 Å². The van der Waals surface area contributed by atoms with E-state index >= 15 is 0 Å². The lowest BCUT2D eigenvalue weighted by Gasteiger charge is -2.25. The van der Waals surface area contributed by atoms with Crippen LogP contribution in [0.2, 0.25) is 5.02 Å². The molecule has 2 heterocycles. The van der Waals surface area contributed by atoms with E-state index in [9.17, 15) is 30.8 Å². The number of anilines is 3. The third-order valence-electron chi connectivity index (χ3n) is 5.58. The lowest BCUT2D eigenvalue weighted by molar-refractivity contribution is -0.137. The van der Waals surface area contributed by atoms with Gasteiger partial charge in [-0.25, -0.2) is 17.8 Å². The van der Waals surface area contributed by atoms with Crippen molar-refractivity contribution in [1.82, 2.24) is 10.1 Å². The molecule has 40 heavy (non-hydrogen) atoms. The third kappa shape index (κ3) is 5.87. The normalized spacial score (nSPS) is 11.8. The first-order valence-corrected chi connectivity index (χ1v) is 13.2.